The summed E-state index contributed by atoms with van der Waals surface area (Å²) in [5.41, 5.74) is 0.821. The highest BCUT2D eigenvalue weighted by Gasteiger charge is 2.15. The number of nitrogens with zero attached hydrogens (tertiary/aromatic N) is 1. The van der Waals surface area contributed by atoms with Gasteiger partial charge in [0, 0.05) is 38.3 Å². The Kier molecular flexibility index (Phi) is 7.25. The SMILES string of the molecule is O=C(CSCCCC(=O)N1CCNCC1)Nc1ccccc1. The number of amides is 2. The molecule has 120 valence electrons. The highest BCUT2D eigenvalue weighted by atomic mass is 32.2. The molecule has 0 bridgehead atoms. The van der Waals surface area contributed by atoms with E-state index in [-0.39, 0.29) is 11.8 Å². The molecule has 2 rings (SSSR count). The monoisotopic (exact) mass is 321 g/mol. The van der Waals surface area contributed by atoms with Crippen LogP contribution in [0.2, 0.25) is 0 Å². The standard InChI is InChI=1S/C16H23N3O2S/c20-15(18-14-5-2-1-3-6-14)13-22-12-4-7-16(21)19-10-8-17-9-11-19/h1-3,5-6,17H,4,7-13H2,(H,18,20). The second-order valence-electron chi connectivity index (χ2n) is 5.20. The molecule has 2 N–H and O–H groups in total. The van der Waals surface area contributed by atoms with E-state index in [9.17, 15) is 9.59 Å². The van der Waals surface area contributed by atoms with Crippen molar-refractivity contribution in [2.45, 2.75) is 12.8 Å². The molecule has 0 aliphatic carbocycles. The fraction of sp³-hybridized carbons (Fsp3) is 0.500. The van der Waals surface area contributed by atoms with Gasteiger partial charge in [-0.15, -0.1) is 0 Å². The van der Waals surface area contributed by atoms with Crippen molar-refractivity contribution in [3.8, 4) is 0 Å². The van der Waals surface area contributed by atoms with E-state index in [2.05, 4.69) is 10.6 Å². The summed E-state index contributed by atoms with van der Waals surface area (Å²) in [6.45, 7) is 3.40. The summed E-state index contributed by atoms with van der Waals surface area (Å²) < 4.78 is 0. The van der Waals surface area contributed by atoms with Gasteiger partial charge >= 0.3 is 0 Å². The number of rotatable bonds is 7. The van der Waals surface area contributed by atoms with Crippen molar-refractivity contribution in [1.82, 2.24) is 10.2 Å². The van der Waals surface area contributed by atoms with Crippen molar-refractivity contribution in [3.63, 3.8) is 0 Å². The smallest absolute Gasteiger partial charge is 0.234 e. The van der Waals surface area contributed by atoms with E-state index in [4.69, 9.17) is 0 Å². The molecule has 1 saturated heterocycles. The molecule has 1 heterocycles. The van der Waals surface area contributed by atoms with E-state index >= 15 is 0 Å². The number of hydrogen-bond acceptors (Lipinski definition) is 4. The van der Waals surface area contributed by atoms with Gasteiger partial charge in [0.2, 0.25) is 11.8 Å². The lowest BCUT2D eigenvalue weighted by Crippen LogP contribution is -2.46. The Hall–Kier alpha value is -1.53. The molecule has 2 amide bonds. The lowest BCUT2D eigenvalue weighted by Gasteiger charge is -2.27. The van der Waals surface area contributed by atoms with Gasteiger partial charge < -0.3 is 15.5 Å². The normalized spacial score (nSPS) is 14.6. The molecule has 22 heavy (non-hydrogen) atoms. The number of thioether (sulfide) groups is 1. The first kappa shape index (κ1) is 16.8. The molecule has 0 unspecified atom stereocenters. The lowest BCUT2D eigenvalue weighted by atomic mass is 10.2. The van der Waals surface area contributed by atoms with Gasteiger partial charge in [-0.1, -0.05) is 18.2 Å². The van der Waals surface area contributed by atoms with Crippen LogP contribution < -0.4 is 10.6 Å². The van der Waals surface area contributed by atoms with Crippen molar-refractivity contribution in [3.05, 3.63) is 30.3 Å². The molecular weight excluding hydrogens is 298 g/mol. The topological polar surface area (TPSA) is 61.4 Å². The molecule has 1 aromatic rings. The number of piperazine rings is 1. The number of carbonyl (C=O) groups excluding carboxylic acids is 2. The van der Waals surface area contributed by atoms with Crippen LogP contribution in [0, 0.1) is 0 Å². The molecule has 1 aliphatic rings. The molecule has 1 aliphatic heterocycles. The maximum Gasteiger partial charge on any atom is 0.234 e. The third kappa shape index (κ3) is 6.07. The summed E-state index contributed by atoms with van der Waals surface area (Å²) in [7, 11) is 0. The Morgan fingerprint density at radius 3 is 2.64 bits per heavy atom. The Balaban J connectivity index is 1.53. The van der Waals surface area contributed by atoms with E-state index in [0.29, 0.717) is 12.2 Å². The van der Waals surface area contributed by atoms with E-state index < -0.39 is 0 Å². The predicted octanol–water partition coefficient (Wildman–Crippen LogP) is 1.57. The van der Waals surface area contributed by atoms with E-state index in [1.165, 1.54) is 0 Å². The maximum absolute atomic E-state index is 11.9. The third-order valence-electron chi connectivity index (χ3n) is 3.44. The molecule has 0 saturated carbocycles. The van der Waals surface area contributed by atoms with Crippen LogP contribution in [-0.4, -0.2) is 54.4 Å². The average Bonchev–Trinajstić information content (AvgIpc) is 2.56. The Labute approximate surface area is 135 Å². The third-order valence-corrected chi connectivity index (χ3v) is 4.48. The summed E-state index contributed by atoms with van der Waals surface area (Å²) in [5.74, 6) is 1.50. The van der Waals surface area contributed by atoms with Crippen LogP contribution in [-0.2, 0) is 9.59 Å². The van der Waals surface area contributed by atoms with Gasteiger partial charge in [-0.25, -0.2) is 0 Å². The van der Waals surface area contributed by atoms with Crippen molar-refractivity contribution in [2.75, 3.05) is 43.0 Å². The lowest BCUT2D eigenvalue weighted by molar-refractivity contribution is -0.131. The number of hydrogen-bond donors (Lipinski definition) is 2. The average molecular weight is 321 g/mol. The minimum absolute atomic E-state index is 0.00429. The number of nitrogens with one attached hydrogen (secondary N) is 2. The Morgan fingerprint density at radius 1 is 1.18 bits per heavy atom. The van der Waals surface area contributed by atoms with Gasteiger partial charge in [-0.2, -0.15) is 11.8 Å². The quantitative estimate of drug-likeness (QED) is 0.749. The molecule has 0 aromatic heterocycles. The van der Waals surface area contributed by atoms with Crippen LogP contribution in [0.15, 0.2) is 30.3 Å². The van der Waals surface area contributed by atoms with Gasteiger partial charge in [-0.05, 0) is 24.3 Å². The largest absolute Gasteiger partial charge is 0.340 e. The highest BCUT2D eigenvalue weighted by Crippen LogP contribution is 2.09. The minimum atomic E-state index is 0.00429. The number of anilines is 1. The van der Waals surface area contributed by atoms with Crippen LogP contribution in [0.1, 0.15) is 12.8 Å². The van der Waals surface area contributed by atoms with Crippen LogP contribution in [0.3, 0.4) is 0 Å². The first-order chi connectivity index (χ1) is 10.8. The summed E-state index contributed by atoms with van der Waals surface area (Å²) in [4.78, 5) is 25.6. The highest BCUT2D eigenvalue weighted by molar-refractivity contribution is 7.99. The second-order valence-corrected chi connectivity index (χ2v) is 6.31. The van der Waals surface area contributed by atoms with Crippen LogP contribution in [0.25, 0.3) is 0 Å². The van der Waals surface area contributed by atoms with Gasteiger partial charge in [0.25, 0.3) is 0 Å². The molecular formula is C16H23N3O2S. The number of benzene rings is 1. The summed E-state index contributed by atoms with van der Waals surface area (Å²) in [5, 5.41) is 6.09. The molecule has 0 radical (unpaired) electrons. The molecule has 0 spiro atoms. The van der Waals surface area contributed by atoms with Crippen LogP contribution in [0.4, 0.5) is 5.69 Å². The summed E-state index contributed by atoms with van der Waals surface area (Å²) in [6, 6.07) is 9.44. The van der Waals surface area contributed by atoms with Gasteiger partial charge in [0.15, 0.2) is 0 Å². The minimum Gasteiger partial charge on any atom is -0.340 e. The molecule has 5 nitrogen and oxygen atoms in total. The molecule has 0 atom stereocenters. The van der Waals surface area contributed by atoms with Gasteiger partial charge in [0.05, 0.1) is 5.75 Å². The molecule has 6 heteroatoms. The van der Waals surface area contributed by atoms with Crippen LogP contribution >= 0.6 is 11.8 Å². The predicted molar refractivity (Wildman–Crippen MR) is 91.1 cm³/mol. The maximum atomic E-state index is 11.9. The zero-order chi connectivity index (χ0) is 15.6. The van der Waals surface area contributed by atoms with Crippen molar-refractivity contribution in [1.29, 1.82) is 0 Å². The zero-order valence-electron chi connectivity index (χ0n) is 12.7. The summed E-state index contributed by atoms with van der Waals surface area (Å²) in [6.07, 6.45) is 1.40. The van der Waals surface area contributed by atoms with Crippen molar-refractivity contribution in [2.24, 2.45) is 0 Å². The molecule has 1 aromatic carbocycles. The first-order valence-electron chi connectivity index (χ1n) is 7.67. The van der Waals surface area contributed by atoms with Crippen molar-refractivity contribution < 1.29 is 9.59 Å². The van der Waals surface area contributed by atoms with E-state index in [1.807, 2.05) is 35.2 Å². The molecule has 1 fully saturated rings. The Morgan fingerprint density at radius 2 is 1.91 bits per heavy atom. The zero-order valence-corrected chi connectivity index (χ0v) is 13.5. The fourth-order valence-electron chi connectivity index (χ4n) is 2.28. The number of para-hydroxylation sites is 1. The fourth-order valence-corrected chi connectivity index (χ4v) is 3.03. The summed E-state index contributed by atoms with van der Waals surface area (Å²) >= 11 is 1.57. The van der Waals surface area contributed by atoms with E-state index in [0.717, 1.165) is 44.0 Å². The number of carbonyl (C=O) groups is 2. The van der Waals surface area contributed by atoms with Gasteiger partial charge in [-0.3, -0.25) is 9.59 Å². The Bertz CT molecular complexity index is 476. The van der Waals surface area contributed by atoms with Crippen molar-refractivity contribution >= 4 is 29.3 Å². The first-order valence-corrected chi connectivity index (χ1v) is 8.82. The van der Waals surface area contributed by atoms with E-state index in [1.54, 1.807) is 11.8 Å². The van der Waals surface area contributed by atoms with Crippen LogP contribution in [0.5, 0.6) is 0 Å². The second kappa shape index (κ2) is 9.48. The van der Waals surface area contributed by atoms with Gasteiger partial charge in [0.1, 0.15) is 0 Å².